The summed E-state index contributed by atoms with van der Waals surface area (Å²) in [6.07, 6.45) is 1.46. The van der Waals surface area contributed by atoms with E-state index < -0.39 is 11.7 Å². The van der Waals surface area contributed by atoms with Gasteiger partial charge in [-0.25, -0.2) is 9.97 Å². The number of hydrogen-bond acceptors (Lipinski definition) is 8. The zero-order valence-electron chi connectivity index (χ0n) is 22.8. The minimum Gasteiger partial charge on any atom is -0.369 e. The highest BCUT2D eigenvalue weighted by atomic mass is 32.2. The third kappa shape index (κ3) is 6.65. The van der Waals surface area contributed by atoms with Crippen LogP contribution in [0.3, 0.4) is 0 Å². The first-order valence-electron chi connectivity index (χ1n) is 14.1. The van der Waals surface area contributed by atoms with Crippen molar-refractivity contribution in [2.75, 3.05) is 48.7 Å². The number of aryl methyl sites for hydroxylation is 1. The van der Waals surface area contributed by atoms with Crippen molar-refractivity contribution in [3.8, 4) is 10.6 Å². The van der Waals surface area contributed by atoms with Crippen LogP contribution in [-0.2, 0) is 11.0 Å². The van der Waals surface area contributed by atoms with Gasteiger partial charge in [0.25, 0.3) is 0 Å². The van der Waals surface area contributed by atoms with E-state index in [2.05, 4.69) is 37.6 Å². The first-order valence-corrected chi connectivity index (χ1v) is 15.9. The lowest BCUT2D eigenvalue weighted by atomic mass is 10.1. The monoisotopic (exact) mass is 602 g/mol. The molecule has 41 heavy (non-hydrogen) atoms. The summed E-state index contributed by atoms with van der Waals surface area (Å²) < 4.78 is 42.2. The molecule has 218 valence electrons. The Balaban J connectivity index is 1.25. The maximum atomic E-state index is 14.1. The van der Waals surface area contributed by atoms with Gasteiger partial charge in [0.05, 0.1) is 10.6 Å². The number of aromatic nitrogens is 2. The maximum absolute atomic E-state index is 14.1. The van der Waals surface area contributed by atoms with E-state index in [-0.39, 0.29) is 11.6 Å². The number of anilines is 3. The fourth-order valence-electron chi connectivity index (χ4n) is 5.19. The van der Waals surface area contributed by atoms with E-state index in [9.17, 15) is 18.0 Å². The first-order chi connectivity index (χ1) is 19.8. The molecule has 6 rings (SSSR count). The first kappa shape index (κ1) is 28.3. The molecule has 1 aromatic carbocycles. The van der Waals surface area contributed by atoms with Gasteiger partial charge in [-0.15, -0.1) is 23.1 Å². The van der Waals surface area contributed by atoms with Gasteiger partial charge in [-0.2, -0.15) is 13.2 Å². The molecule has 0 unspecified atom stereocenters. The van der Waals surface area contributed by atoms with Crippen molar-refractivity contribution in [3.05, 3.63) is 46.5 Å². The molecule has 0 bridgehead atoms. The summed E-state index contributed by atoms with van der Waals surface area (Å²) in [5.74, 6) is 1.27. The fourth-order valence-corrected chi connectivity index (χ4v) is 7.41. The Morgan fingerprint density at radius 2 is 1.98 bits per heavy atom. The molecule has 2 aliphatic carbocycles. The van der Waals surface area contributed by atoms with E-state index in [1.807, 2.05) is 17.9 Å². The van der Waals surface area contributed by atoms with E-state index in [1.165, 1.54) is 17.0 Å². The number of piperazine rings is 1. The van der Waals surface area contributed by atoms with Gasteiger partial charge in [0, 0.05) is 71.9 Å². The molecular formula is C29H33F3N6OS2. The van der Waals surface area contributed by atoms with Gasteiger partial charge in [0.1, 0.15) is 5.56 Å². The molecule has 3 fully saturated rings. The van der Waals surface area contributed by atoms with Crippen molar-refractivity contribution in [1.82, 2.24) is 20.2 Å². The molecule has 2 aromatic heterocycles. The number of benzene rings is 1. The summed E-state index contributed by atoms with van der Waals surface area (Å²) in [4.78, 5) is 26.3. The minimum atomic E-state index is -4.59. The Hall–Kier alpha value is -2.83. The van der Waals surface area contributed by atoms with Crippen molar-refractivity contribution in [1.29, 1.82) is 0 Å². The number of alkyl halides is 3. The molecule has 3 aromatic rings. The molecule has 1 amide bonds. The Bertz CT molecular complexity index is 1400. The molecule has 0 spiro atoms. The van der Waals surface area contributed by atoms with E-state index in [0.717, 1.165) is 85.5 Å². The van der Waals surface area contributed by atoms with Crippen LogP contribution in [0.25, 0.3) is 10.6 Å². The normalized spacial score (nSPS) is 17.5. The highest BCUT2D eigenvalue weighted by molar-refractivity contribution is 7.99. The van der Waals surface area contributed by atoms with Crippen molar-refractivity contribution in [2.24, 2.45) is 0 Å². The number of thioether (sulfide) groups is 1. The van der Waals surface area contributed by atoms with E-state index >= 15 is 0 Å². The topological polar surface area (TPSA) is 73.4 Å². The molecular weight excluding hydrogens is 569 g/mol. The summed E-state index contributed by atoms with van der Waals surface area (Å²) in [6, 6.07) is 8.39. The molecule has 3 aliphatic rings. The summed E-state index contributed by atoms with van der Waals surface area (Å²) in [5.41, 5.74) is 2.20. The van der Waals surface area contributed by atoms with Crippen LogP contribution < -0.4 is 15.5 Å². The minimum absolute atomic E-state index is 0.118. The molecule has 12 heteroatoms. The maximum Gasteiger partial charge on any atom is 0.420 e. The van der Waals surface area contributed by atoms with Crippen LogP contribution in [-0.4, -0.2) is 65.8 Å². The summed E-state index contributed by atoms with van der Waals surface area (Å²) in [6.45, 7) is 6.30. The number of carbonyl (C=O) groups excluding carboxylic acids is 1. The van der Waals surface area contributed by atoms with Gasteiger partial charge in [-0.3, -0.25) is 4.79 Å². The van der Waals surface area contributed by atoms with Gasteiger partial charge >= 0.3 is 6.18 Å². The fraction of sp³-hybridized carbons (Fsp3) is 0.483. The Morgan fingerprint density at radius 1 is 1.20 bits per heavy atom. The van der Waals surface area contributed by atoms with Crippen molar-refractivity contribution >= 4 is 46.8 Å². The summed E-state index contributed by atoms with van der Waals surface area (Å²) in [7, 11) is 0. The third-order valence-electron chi connectivity index (χ3n) is 7.74. The SMILES string of the molecule is Cc1sc(-c2nc(Nc3ccc(N4CCNCC4)cc3C3CC3)ncc2C(F)(F)F)cc1SCCN(C=O)C1CC1. The number of rotatable bonds is 11. The number of amides is 1. The van der Waals surface area contributed by atoms with E-state index in [4.69, 9.17) is 0 Å². The zero-order valence-corrected chi connectivity index (χ0v) is 24.5. The number of hydrogen-bond donors (Lipinski definition) is 2. The van der Waals surface area contributed by atoms with Gasteiger partial charge in [0.2, 0.25) is 12.4 Å². The molecule has 1 aliphatic heterocycles. The van der Waals surface area contributed by atoms with Crippen molar-refractivity contribution < 1.29 is 18.0 Å². The molecule has 0 atom stereocenters. The second kappa shape index (κ2) is 11.8. The van der Waals surface area contributed by atoms with Crippen LogP contribution in [0.5, 0.6) is 0 Å². The number of halogens is 3. The average molecular weight is 603 g/mol. The Kier molecular flexibility index (Phi) is 8.15. The number of carbonyl (C=O) groups is 1. The Morgan fingerprint density at radius 3 is 2.66 bits per heavy atom. The second-order valence-corrected chi connectivity index (χ2v) is 13.2. The van der Waals surface area contributed by atoms with Crippen molar-refractivity contribution in [2.45, 2.75) is 55.6 Å². The predicted octanol–water partition coefficient (Wildman–Crippen LogP) is 6.28. The number of nitrogens with zero attached hydrogens (tertiary/aromatic N) is 4. The average Bonchev–Trinajstić information content (AvgIpc) is 3.90. The smallest absolute Gasteiger partial charge is 0.369 e. The van der Waals surface area contributed by atoms with Gasteiger partial charge in [-0.05, 0) is 68.4 Å². The van der Waals surface area contributed by atoms with Crippen LogP contribution in [0.4, 0.5) is 30.5 Å². The van der Waals surface area contributed by atoms with Gasteiger partial charge in [0.15, 0.2) is 0 Å². The molecule has 7 nitrogen and oxygen atoms in total. The van der Waals surface area contributed by atoms with Crippen LogP contribution in [0.15, 0.2) is 35.4 Å². The number of nitrogens with one attached hydrogen (secondary N) is 2. The van der Waals surface area contributed by atoms with Crippen LogP contribution in [0, 0.1) is 6.92 Å². The standard InChI is InChI=1S/C29H33F3N6OS2/c1-18-25(40-13-12-38(17-39)20-4-5-20)15-26(41-18)27-23(29(30,31)32)16-34-28(36-27)35-24-7-6-21(14-22(24)19-2-3-19)37-10-8-33-9-11-37/h6-7,14-17,19-20,33H,2-5,8-13H2,1H3,(H,34,35,36). The van der Waals surface area contributed by atoms with Gasteiger partial charge < -0.3 is 20.4 Å². The summed E-state index contributed by atoms with van der Waals surface area (Å²) >= 11 is 2.86. The number of thiophene rings is 1. The molecule has 0 radical (unpaired) electrons. The molecule has 1 saturated heterocycles. The van der Waals surface area contributed by atoms with Gasteiger partial charge in [-0.1, -0.05) is 0 Å². The highest BCUT2D eigenvalue weighted by Crippen LogP contribution is 2.46. The quantitative estimate of drug-likeness (QED) is 0.198. The van der Waals surface area contributed by atoms with Crippen LogP contribution in [0.2, 0.25) is 0 Å². The predicted molar refractivity (Wildman–Crippen MR) is 158 cm³/mol. The van der Waals surface area contributed by atoms with E-state index in [1.54, 1.807) is 17.8 Å². The lowest BCUT2D eigenvalue weighted by Crippen LogP contribution is -2.43. The molecule has 2 N–H and O–H groups in total. The largest absolute Gasteiger partial charge is 0.420 e. The highest BCUT2D eigenvalue weighted by Gasteiger charge is 2.36. The summed E-state index contributed by atoms with van der Waals surface area (Å²) in [5, 5.41) is 6.62. The second-order valence-electron chi connectivity index (χ2n) is 10.8. The Labute approximate surface area is 245 Å². The molecule has 3 heterocycles. The van der Waals surface area contributed by atoms with Crippen LogP contribution >= 0.6 is 23.1 Å². The molecule has 2 saturated carbocycles. The van der Waals surface area contributed by atoms with Crippen LogP contribution in [0.1, 0.15) is 47.6 Å². The van der Waals surface area contributed by atoms with Crippen molar-refractivity contribution in [3.63, 3.8) is 0 Å². The van der Waals surface area contributed by atoms with E-state index in [0.29, 0.717) is 29.1 Å². The lowest BCUT2D eigenvalue weighted by molar-refractivity contribution is -0.137. The zero-order chi connectivity index (χ0) is 28.6. The lowest BCUT2D eigenvalue weighted by Gasteiger charge is -2.30. The third-order valence-corrected chi connectivity index (χ3v) is 10.0.